The summed E-state index contributed by atoms with van der Waals surface area (Å²) >= 11 is 0. The van der Waals surface area contributed by atoms with E-state index >= 15 is 0 Å². The molecule has 1 aromatic carbocycles. The minimum Gasteiger partial charge on any atom is -0.349 e. The first kappa shape index (κ1) is 17.7. The zero-order valence-electron chi connectivity index (χ0n) is 16.0. The second-order valence-electron chi connectivity index (χ2n) is 7.45. The summed E-state index contributed by atoms with van der Waals surface area (Å²) in [6.07, 6.45) is 7.36. The van der Waals surface area contributed by atoms with Gasteiger partial charge in [0.1, 0.15) is 11.3 Å². The lowest BCUT2D eigenvalue weighted by Crippen LogP contribution is -2.41. The van der Waals surface area contributed by atoms with Crippen molar-refractivity contribution in [2.75, 3.05) is 0 Å². The molecule has 4 rings (SSSR count). The van der Waals surface area contributed by atoms with E-state index in [1.165, 1.54) is 19.3 Å². The van der Waals surface area contributed by atoms with Crippen molar-refractivity contribution in [3.05, 3.63) is 54.0 Å². The topological polar surface area (TPSA) is 59.8 Å². The lowest BCUT2D eigenvalue weighted by molar-refractivity contribution is 0.0910. The minimum absolute atomic E-state index is 0.0182. The highest BCUT2D eigenvalue weighted by molar-refractivity contribution is 5.94. The van der Waals surface area contributed by atoms with Crippen molar-refractivity contribution in [3.63, 3.8) is 0 Å². The third-order valence-corrected chi connectivity index (χ3v) is 5.62. The largest absolute Gasteiger partial charge is 0.349 e. The quantitative estimate of drug-likeness (QED) is 0.753. The maximum absolute atomic E-state index is 12.6. The smallest absolute Gasteiger partial charge is 0.251 e. The molecular formula is C22H26N4O. The second-order valence-corrected chi connectivity index (χ2v) is 7.45. The molecule has 1 fully saturated rings. The predicted molar refractivity (Wildman–Crippen MR) is 107 cm³/mol. The van der Waals surface area contributed by atoms with Crippen LogP contribution in [0.25, 0.3) is 16.9 Å². The fourth-order valence-electron chi connectivity index (χ4n) is 4.01. The third kappa shape index (κ3) is 3.46. The van der Waals surface area contributed by atoms with E-state index in [4.69, 9.17) is 0 Å². The zero-order valence-corrected chi connectivity index (χ0v) is 16.0. The van der Waals surface area contributed by atoms with Crippen LogP contribution in [-0.2, 0) is 6.42 Å². The molecule has 5 heteroatoms. The van der Waals surface area contributed by atoms with E-state index < -0.39 is 0 Å². The predicted octanol–water partition coefficient (Wildman–Crippen LogP) is 4.29. The fraction of sp³-hybridized carbons (Fsp3) is 0.409. The van der Waals surface area contributed by atoms with E-state index in [2.05, 4.69) is 33.7 Å². The van der Waals surface area contributed by atoms with Crippen LogP contribution < -0.4 is 5.32 Å². The number of aromatic nitrogens is 3. The zero-order chi connectivity index (χ0) is 18.8. The molecule has 27 heavy (non-hydrogen) atoms. The van der Waals surface area contributed by atoms with E-state index in [-0.39, 0.29) is 5.91 Å². The summed E-state index contributed by atoms with van der Waals surface area (Å²) in [5, 5.41) is 3.22. The lowest BCUT2D eigenvalue weighted by Gasteiger charge is -2.29. The first-order valence-corrected chi connectivity index (χ1v) is 9.91. The van der Waals surface area contributed by atoms with Gasteiger partial charge in [0, 0.05) is 29.9 Å². The average Bonchev–Trinajstić information content (AvgIpc) is 3.08. The van der Waals surface area contributed by atoms with Gasteiger partial charge in [0.15, 0.2) is 5.65 Å². The number of amides is 1. The summed E-state index contributed by atoms with van der Waals surface area (Å²) in [5.74, 6) is 1.54. The molecule has 1 aliphatic carbocycles. The van der Waals surface area contributed by atoms with Crippen LogP contribution >= 0.6 is 0 Å². The molecule has 2 heterocycles. The standard InChI is InChI=1S/C22H26N4O/c1-3-20-24-19-9-6-14-23-21(19)26(20)17-12-10-16(11-13-17)22(27)25-18-8-5-4-7-15(18)2/h6,9-15,18H,3-5,7-8H2,1-2H3,(H,25,27)/t15-,18+/m1/s1. The van der Waals surface area contributed by atoms with Gasteiger partial charge in [-0.1, -0.05) is 26.7 Å². The third-order valence-electron chi connectivity index (χ3n) is 5.62. The highest BCUT2D eigenvalue weighted by Crippen LogP contribution is 2.24. The Labute approximate surface area is 159 Å². The maximum atomic E-state index is 12.6. The van der Waals surface area contributed by atoms with Crippen LogP contribution in [0.1, 0.15) is 55.7 Å². The number of fused-ring (bicyclic) bond motifs is 1. The van der Waals surface area contributed by atoms with Crippen LogP contribution in [0.3, 0.4) is 0 Å². The van der Waals surface area contributed by atoms with Gasteiger partial charge in [0.25, 0.3) is 5.91 Å². The SMILES string of the molecule is CCc1nc2cccnc2n1-c1ccc(C(=O)N[C@H]2CCCC[C@H]2C)cc1. The number of pyridine rings is 1. The molecule has 140 valence electrons. The van der Waals surface area contributed by atoms with Gasteiger partial charge in [-0.05, 0) is 55.2 Å². The van der Waals surface area contributed by atoms with Crippen LogP contribution in [0.15, 0.2) is 42.6 Å². The molecule has 0 bridgehead atoms. The Hall–Kier alpha value is -2.69. The Kier molecular flexibility index (Phi) is 4.92. The van der Waals surface area contributed by atoms with Gasteiger partial charge < -0.3 is 5.32 Å². The first-order valence-electron chi connectivity index (χ1n) is 9.91. The molecule has 3 aromatic rings. The number of imidazole rings is 1. The summed E-state index contributed by atoms with van der Waals surface area (Å²) in [4.78, 5) is 21.8. The molecule has 1 N–H and O–H groups in total. The molecule has 0 aliphatic heterocycles. The van der Waals surface area contributed by atoms with Crippen LogP contribution in [-0.4, -0.2) is 26.5 Å². The van der Waals surface area contributed by atoms with Crippen molar-refractivity contribution in [1.29, 1.82) is 0 Å². The summed E-state index contributed by atoms with van der Waals surface area (Å²) in [5.41, 5.74) is 3.42. The summed E-state index contributed by atoms with van der Waals surface area (Å²) in [6.45, 7) is 4.32. The normalized spacial score (nSPS) is 19.9. The summed E-state index contributed by atoms with van der Waals surface area (Å²) in [7, 11) is 0. The first-order chi connectivity index (χ1) is 13.2. The fourth-order valence-corrected chi connectivity index (χ4v) is 4.01. The number of nitrogens with one attached hydrogen (secondary N) is 1. The van der Waals surface area contributed by atoms with Crippen molar-refractivity contribution >= 4 is 17.1 Å². The molecule has 1 aliphatic rings. The van der Waals surface area contributed by atoms with Gasteiger partial charge in [-0.3, -0.25) is 9.36 Å². The second kappa shape index (κ2) is 7.51. The molecule has 2 atom stereocenters. The van der Waals surface area contributed by atoms with E-state index in [0.29, 0.717) is 17.5 Å². The average molecular weight is 362 g/mol. The van der Waals surface area contributed by atoms with Gasteiger partial charge in [-0.2, -0.15) is 0 Å². The molecule has 0 radical (unpaired) electrons. The van der Waals surface area contributed by atoms with Crippen molar-refractivity contribution in [3.8, 4) is 5.69 Å². The Morgan fingerprint density at radius 2 is 1.96 bits per heavy atom. The minimum atomic E-state index is 0.0182. The number of hydrogen-bond acceptors (Lipinski definition) is 3. The molecule has 1 saturated carbocycles. The molecule has 0 unspecified atom stereocenters. The van der Waals surface area contributed by atoms with Gasteiger partial charge in [-0.25, -0.2) is 9.97 Å². The number of carbonyl (C=O) groups is 1. The molecule has 2 aromatic heterocycles. The number of benzene rings is 1. The Bertz CT molecular complexity index is 945. The van der Waals surface area contributed by atoms with Gasteiger partial charge >= 0.3 is 0 Å². The Morgan fingerprint density at radius 1 is 1.19 bits per heavy atom. The van der Waals surface area contributed by atoms with Crippen molar-refractivity contribution in [2.24, 2.45) is 5.92 Å². The van der Waals surface area contributed by atoms with Gasteiger partial charge in [0.2, 0.25) is 0 Å². The Balaban J connectivity index is 1.58. The number of carbonyl (C=O) groups excluding carboxylic acids is 1. The summed E-state index contributed by atoms with van der Waals surface area (Å²) < 4.78 is 2.07. The monoisotopic (exact) mass is 362 g/mol. The van der Waals surface area contributed by atoms with Crippen molar-refractivity contribution < 1.29 is 4.79 Å². The molecule has 5 nitrogen and oxygen atoms in total. The van der Waals surface area contributed by atoms with Crippen molar-refractivity contribution in [1.82, 2.24) is 19.9 Å². The number of hydrogen-bond donors (Lipinski definition) is 1. The molecule has 0 spiro atoms. The van der Waals surface area contributed by atoms with Crippen LogP contribution in [0.5, 0.6) is 0 Å². The van der Waals surface area contributed by atoms with E-state index in [1.807, 2.05) is 36.4 Å². The lowest BCUT2D eigenvalue weighted by atomic mass is 9.86. The molecule has 1 amide bonds. The van der Waals surface area contributed by atoms with E-state index in [1.54, 1.807) is 6.20 Å². The highest BCUT2D eigenvalue weighted by Gasteiger charge is 2.23. The van der Waals surface area contributed by atoms with Crippen LogP contribution in [0.2, 0.25) is 0 Å². The molecular weight excluding hydrogens is 336 g/mol. The van der Waals surface area contributed by atoms with Crippen LogP contribution in [0, 0.1) is 5.92 Å². The Morgan fingerprint density at radius 3 is 2.70 bits per heavy atom. The van der Waals surface area contributed by atoms with E-state index in [0.717, 1.165) is 35.5 Å². The van der Waals surface area contributed by atoms with E-state index in [9.17, 15) is 4.79 Å². The van der Waals surface area contributed by atoms with Gasteiger partial charge in [-0.15, -0.1) is 0 Å². The number of aryl methyl sites for hydroxylation is 1. The molecule has 0 saturated heterocycles. The summed E-state index contributed by atoms with van der Waals surface area (Å²) in [6, 6.07) is 11.9. The highest BCUT2D eigenvalue weighted by atomic mass is 16.1. The maximum Gasteiger partial charge on any atom is 0.251 e. The number of nitrogens with zero attached hydrogens (tertiary/aromatic N) is 3. The number of rotatable bonds is 4. The van der Waals surface area contributed by atoms with Gasteiger partial charge in [0.05, 0.1) is 0 Å². The van der Waals surface area contributed by atoms with Crippen LogP contribution in [0.4, 0.5) is 0 Å². The van der Waals surface area contributed by atoms with Crippen molar-refractivity contribution in [2.45, 2.75) is 52.0 Å².